The van der Waals surface area contributed by atoms with E-state index in [0.29, 0.717) is 18.6 Å². The maximum atomic E-state index is 14.7. The van der Waals surface area contributed by atoms with Crippen LogP contribution in [0.2, 0.25) is 0 Å². The van der Waals surface area contributed by atoms with E-state index in [1.165, 1.54) is 6.07 Å². The van der Waals surface area contributed by atoms with E-state index >= 15 is 0 Å². The largest absolute Gasteiger partial charge is 0.508 e. The number of ether oxygens (including phenoxy) is 1. The number of nitrogens with one attached hydrogen (secondary N) is 1. The second-order valence-electron chi connectivity index (χ2n) is 7.23. The van der Waals surface area contributed by atoms with Crippen molar-refractivity contribution in [2.45, 2.75) is 25.6 Å². The van der Waals surface area contributed by atoms with Crippen molar-refractivity contribution in [3.8, 4) is 11.5 Å². The molecular weight excluding hydrogens is 527 g/mol. The number of phenolic OH excluding ortho intramolecular Hbond substituents is 1. The molecule has 0 bridgehead atoms. The molecule has 3 aromatic carbocycles. The maximum Gasteiger partial charge on any atom is 0.129 e. The number of aliphatic imine (C=N–C) groups is 1. The van der Waals surface area contributed by atoms with Crippen LogP contribution in [0.15, 0.2) is 74.6 Å². The number of halogens is 3. The summed E-state index contributed by atoms with van der Waals surface area (Å²) in [6.07, 6.45) is -0.0550. The van der Waals surface area contributed by atoms with Gasteiger partial charge in [-0.1, -0.05) is 31.9 Å². The van der Waals surface area contributed by atoms with Crippen LogP contribution in [0.3, 0.4) is 0 Å². The Morgan fingerprint density at radius 3 is 2.42 bits per heavy atom. The van der Waals surface area contributed by atoms with Crippen LogP contribution in [0, 0.1) is 5.82 Å². The van der Waals surface area contributed by atoms with E-state index < -0.39 is 6.17 Å². The summed E-state index contributed by atoms with van der Waals surface area (Å²) in [7, 11) is 0. The highest BCUT2D eigenvalue weighted by Crippen LogP contribution is 2.37. The highest BCUT2D eigenvalue weighted by Gasteiger charge is 2.29. The van der Waals surface area contributed by atoms with Gasteiger partial charge in [0.2, 0.25) is 0 Å². The molecule has 0 fully saturated rings. The third kappa shape index (κ3) is 5.00. The fourth-order valence-corrected chi connectivity index (χ4v) is 4.44. The molecule has 0 amide bonds. The lowest BCUT2D eigenvalue weighted by Gasteiger charge is -2.31. The van der Waals surface area contributed by atoms with Gasteiger partial charge in [-0.2, -0.15) is 0 Å². The van der Waals surface area contributed by atoms with Crippen molar-refractivity contribution in [3.63, 3.8) is 0 Å². The topological polar surface area (TPSA) is 53.8 Å². The molecule has 2 atom stereocenters. The summed E-state index contributed by atoms with van der Waals surface area (Å²) in [6, 6.07) is 17.6. The molecule has 7 heteroatoms. The summed E-state index contributed by atoms with van der Waals surface area (Å²) in [5.74, 6) is 0.633. The molecule has 0 aromatic heterocycles. The van der Waals surface area contributed by atoms with Crippen LogP contribution in [-0.2, 0) is 0 Å². The first-order valence-electron chi connectivity index (χ1n) is 9.94. The van der Waals surface area contributed by atoms with E-state index in [1.54, 1.807) is 24.3 Å². The second kappa shape index (κ2) is 9.51. The summed E-state index contributed by atoms with van der Waals surface area (Å²) in [5.41, 5.74) is 2.94. The van der Waals surface area contributed by atoms with Gasteiger partial charge < -0.3 is 9.84 Å². The van der Waals surface area contributed by atoms with Gasteiger partial charge in [0.25, 0.3) is 0 Å². The van der Waals surface area contributed by atoms with Crippen LogP contribution >= 0.6 is 31.9 Å². The summed E-state index contributed by atoms with van der Waals surface area (Å²) in [4.78, 5) is 4.84. The Kier molecular flexibility index (Phi) is 6.74. The third-order valence-corrected chi connectivity index (χ3v) is 6.14. The van der Waals surface area contributed by atoms with Crippen molar-refractivity contribution in [2.75, 3.05) is 6.61 Å². The van der Waals surface area contributed by atoms with Crippen molar-refractivity contribution in [1.82, 2.24) is 5.32 Å². The molecule has 1 aliphatic heterocycles. The van der Waals surface area contributed by atoms with Gasteiger partial charge in [-0.3, -0.25) is 10.3 Å². The number of benzene rings is 3. The molecular formula is C24H21Br2FN2O2. The van der Waals surface area contributed by atoms with E-state index in [4.69, 9.17) is 9.73 Å². The molecule has 31 heavy (non-hydrogen) atoms. The summed E-state index contributed by atoms with van der Waals surface area (Å²) in [5, 5.41) is 13.9. The molecule has 1 aliphatic rings. The molecule has 2 unspecified atom stereocenters. The molecule has 0 spiro atoms. The van der Waals surface area contributed by atoms with E-state index in [0.717, 1.165) is 31.5 Å². The van der Waals surface area contributed by atoms with E-state index in [-0.39, 0.29) is 17.6 Å². The molecule has 3 aromatic rings. The normalized spacial score (nSPS) is 18.5. The van der Waals surface area contributed by atoms with E-state index in [9.17, 15) is 9.50 Å². The zero-order valence-corrected chi connectivity index (χ0v) is 20.0. The Balaban J connectivity index is 1.77. The number of aromatic hydroxyl groups is 1. The standard InChI is InChI=1S/C24H21Br2FN2O2/c1-2-31-17-7-3-14(4-8-17)21-13-22(19-12-16(26)6-10-23(19)30)29-24(28-21)18-11-15(25)5-9-20(18)27/h3-12,22,24,29-30H,2,13H2,1H3. The lowest BCUT2D eigenvalue weighted by molar-refractivity contribution is 0.340. The van der Waals surface area contributed by atoms with Crippen LogP contribution in [0.1, 0.15) is 42.2 Å². The fourth-order valence-electron chi connectivity index (χ4n) is 3.68. The first-order valence-corrected chi connectivity index (χ1v) is 11.5. The van der Waals surface area contributed by atoms with Crippen molar-refractivity contribution < 1.29 is 14.2 Å². The van der Waals surface area contributed by atoms with Crippen molar-refractivity contribution in [3.05, 3.63) is 92.1 Å². The minimum absolute atomic E-state index is 0.183. The molecule has 1 heterocycles. The van der Waals surface area contributed by atoms with Crippen molar-refractivity contribution >= 4 is 37.6 Å². The summed E-state index contributed by atoms with van der Waals surface area (Å²) >= 11 is 6.90. The maximum absolute atomic E-state index is 14.7. The van der Waals surface area contributed by atoms with Gasteiger partial charge in [0, 0.05) is 38.2 Å². The Hall–Kier alpha value is -2.22. The van der Waals surface area contributed by atoms with Gasteiger partial charge in [-0.05, 0) is 73.2 Å². The van der Waals surface area contributed by atoms with E-state index in [2.05, 4.69) is 37.2 Å². The van der Waals surface area contributed by atoms with Crippen LogP contribution in [0.5, 0.6) is 11.5 Å². The Morgan fingerprint density at radius 2 is 1.71 bits per heavy atom. The monoisotopic (exact) mass is 546 g/mol. The average Bonchev–Trinajstić information content (AvgIpc) is 2.77. The second-order valence-corrected chi connectivity index (χ2v) is 9.06. The minimum atomic E-state index is -0.601. The summed E-state index contributed by atoms with van der Waals surface area (Å²) in [6.45, 7) is 2.54. The molecule has 0 saturated carbocycles. The lowest BCUT2D eigenvalue weighted by Crippen LogP contribution is -2.33. The highest BCUT2D eigenvalue weighted by atomic mass is 79.9. The van der Waals surface area contributed by atoms with Gasteiger partial charge in [-0.25, -0.2) is 4.39 Å². The smallest absolute Gasteiger partial charge is 0.129 e. The zero-order chi connectivity index (χ0) is 22.0. The highest BCUT2D eigenvalue weighted by molar-refractivity contribution is 9.10. The average molecular weight is 548 g/mol. The number of hydrogen-bond acceptors (Lipinski definition) is 4. The van der Waals surface area contributed by atoms with Gasteiger partial charge in [0.15, 0.2) is 0 Å². The fraction of sp³-hybridized carbons (Fsp3) is 0.208. The molecule has 4 nitrogen and oxygen atoms in total. The van der Waals surface area contributed by atoms with Gasteiger partial charge >= 0.3 is 0 Å². The van der Waals surface area contributed by atoms with Crippen molar-refractivity contribution in [2.24, 2.45) is 4.99 Å². The molecule has 160 valence electrons. The van der Waals surface area contributed by atoms with Gasteiger partial charge in [0.1, 0.15) is 23.5 Å². The van der Waals surface area contributed by atoms with Crippen LogP contribution in [0.25, 0.3) is 0 Å². The van der Waals surface area contributed by atoms with Crippen LogP contribution in [0.4, 0.5) is 4.39 Å². The Labute approximate surface area is 197 Å². The SMILES string of the molecule is CCOc1ccc(C2=NC(c3cc(Br)ccc3F)NC(c3cc(Br)ccc3O)C2)cc1. The van der Waals surface area contributed by atoms with Crippen LogP contribution in [-0.4, -0.2) is 17.4 Å². The Morgan fingerprint density at radius 1 is 1.03 bits per heavy atom. The number of rotatable bonds is 5. The predicted octanol–water partition coefficient (Wildman–Crippen LogP) is 6.68. The summed E-state index contributed by atoms with van der Waals surface area (Å²) < 4.78 is 21.9. The Bertz CT molecular complexity index is 1120. The molecule has 0 saturated heterocycles. The minimum Gasteiger partial charge on any atom is -0.508 e. The number of phenols is 1. The lowest BCUT2D eigenvalue weighted by atomic mass is 9.93. The number of hydrogen-bond donors (Lipinski definition) is 2. The van der Waals surface area contributed by atoms with Crippen molar-refractivity contribution in [1.29, 1.82) is 0 Å². The quantitative estimate of drug-likeness (QED) is 0.374. The zero-order valence-electron chi connectivity index (χ0n) is 16.8. The van der Waals surface area contributed by atoms with Crippen LogP contribution < -0.4 is 10.1 Å². The van der Waals surface area contributed by atoms with Gasteiger partial charge in [-0.15, -0.1) is 0 Å². The number of nitrogens with zero attached hydrogens (tertiary/aromatic N) is 1. The molecule has 4 rings (SSSR count). The molecule has 0 aliphatic carbocycles. The van der Waals surface area contributed by atoms with Gasteiger partial charge in [0.05, 0.1) is 6.61 Å². The molecule has 0 radical (unpaired) electrons. The predicted molar refractivity (Wildman–Crippen MR) is 127 cm³/mol. The first kappa shape index (κ1) is 22.0. The first-order chi connectivity index (χ1) is 14.9. The molecule has 2 N–H and O–H groups in total. The third-order valence-electron chi connectivity index (χ3n) is 5.16. The van der Waals surface area contributed by atoms with E-state index in [1.807, 2.05) is 37.3 Å².